The van der Waals surface area contributed by atoms with Crippen molar-refractivity contribution in [3.05, 3.63) is 0 Å². The third-order valence-electron chi connectivity index (χ3n) is 3.50. The SMILES string of the molecule is COC(=O)C[C@H](NC(=O)N1CCCC(C)CC1)C(=O)O. The van der Waals surface area contributed by atoms with Crippen molar-refractivity contribution in [1.82, 2.24) is 10.2 Å². The number of esters is 1. The van der Waals surface area contributed by atoms with Crippen molar-refractivity contribution in [2.75, 3.05) is 20.2 Å². The molecule has 0 radical (unpaired) electrons. The molecule has 1 aliphatic heterocycles. The second kappa shape index (κ2) is 7.72. The number of amides is 2. The molecule has 1 heterocycles. The highest BCUT2D eigenvalue weighted by Gasteiger charge is 2.26. The lowest BCUT2D eigenvalue weighted by Crippen LogP contribution is -2.49. The van der Waals surface area contributed by atoms with Crippen LogP contribution in [0, 0.1) is 5.92 Å². The van der Waals surface area contributed by atoms with Crippen LogP contribution < -0.4 is 5.32 Å². The number of likely N-dealkylation sites (tertiary alicyclic amines) is 1. The number of hydrogen-bond acceptors (Lipinski definition) is 4. The fourth-order valence-electron chi connectivity index (χ4n) is 2.16. The van der Waals surface area contributed by atoms with Gasteiger partial charge in [-0.25, -0.2) is 9.59 Å². The molecule has 0 saturated carbocycles. The van der Waals surface area contributed by atoms with E-state index in [9.17, 15) is 14.4 Å². The smallest absolute Gasteiger partial charge is 0.326 e. The minimum absolute atomic E-state index is 0.373. The van der Waals surface area contributed by atoms with Gasteiger partial charge in [0.1, 0.15) is 6.04 Å². The number of ether oxygens (including phenoxy) is 1. The molecule has 0 spiro atoms. The molecule has 0 bridgehead atoms. The molecule has 20 heavy (non-hydrogen) atoms. The van der Waals surface area contributed by atoms with Crippen LogP contribution in [0.4, 0.5) is 4.79 Å². The van der Waals surface area contributed by atoms with Gasteiger partial charge in [-0.15, -0.1) is 0 Å². The van der Waals surface area contributed by atoms with Crippen molar-refractivity contribution in [2.45, 2.75) is 38.6 Å². The fraction of sp³-hybridized carbons (Fsp3) is 0.769. The third kappa shape index (κ3) is 5.07. The Morgan fingerprint density at radius 1 is 1.35 bits per heavy atom. The molecular formula is C13H22N2O5. The summed E-state index contributed by atoms with van der Waals surface area (Å²) in [5.74, 6) is -1.34. The molecule has 1 rings (SSSR count). The van der Waals surface area contributed by atoms with Gasteiger partial charge in [-0.2, -0.15) is 0 Å². The van der Waals surface area contributed by atoms with E-state index >= 15 is 0 Å². The molecule has 2 atom stereocenters. The van der Waals surface area contributed by atoms with Crippen molar-refractivity contribution >= 4 is 18.0 Å². The molecule has 7 heteroatoms. The Labute approximate surface area is 118 Å². The summed E-state index contributed by atoms with van der Waals surface area (Å²) in [6.45, 7) is 3.36. The zero-order valence-electron chi connectivity index (χ0n) is 11.9. The highest BCUT2D eigenvalue weighted by Crippen LogP contribution is 2.16. The lowest BCUT2D eigenvalue weighted by atomic mass is 10.0. The Morgan fingerprint density at radius 2 is 2.05 bits per heavy atom. The number of rotatable bonds is 4. The van der Waals surface area contributed by atoms with Gasteiger partial charge in [0.2, 0.25) is 0 Å². The Bertz CT molecular complexity index is 372. The molecule has 2 N–H and O–H groups in total. The number of carbonyl (C=O) groups excluding carboxylic acids is 2. The average Bonchev–Trinajstić information content (AvgIpc) is 2.62. The van der Waals surface area contributed by atoms with E-state index in [4.69, 9.17) is 5.11 Å². The van der Waals surface area contributed by atoms with Crippen molar-refractivity contribution < 1.29 is 24.2 Å². The van der Waals surface area contributed by atoms with Gasteiger partial charge in [0, 0.05) is 13.1 Å². The minimum atomic E-state index is -1.25. The number of nitrogens with zero attached hydrogens (tertiary/aromatic N) is 1. The summed E-state index contributed by atoms with van der Waals surface area (Å²) in [7, 11) is 1.18. The minimum Gasteiger partial charge on any atom is -0.480 e. The first-order valence-corrected chi connectivity index (χ1v) is 6.79. The lowest BCUT2D eigenvalue weighted by molar-refractivity contribution is -0.147. The summed E-state index contributed by atoms with van der Waals surface area (Å²) in [6.07, 6.45) is 2.50. The van der Waals surface area contributed by atoms with Crippen LogP contribution in [-0.4, -0.2) is 54.2 Å². The fourth-order valence-corrected chi connectivity index (χ4v) is 2.16. The number of carboxylic acid groups (broad SMARTS) is 1. The monoisotopic (exact) mass is 286 g/mol. The molecule has 1 aliphatic rings. The van der Waals surface area contributed by atoms with Crippen LogP contribution in [0.1, 0.15) is 32.6 Å². The molecule has 0 aromatic carbocycles. The second-order valence-corrected chi connectivity index (χ2v) is 5.14. The Balaban J connectivity index is 2.56. The van der Waals surface area contributed by atoms with Crippen LogP contribution in [0.15, 0.2) is 0 Å². The van der Waals surface area contributed by atoms with E-state index in [1.165, 1.54) is 7.11 Å². The summed E-state index contributed by atoms with van der Waals surface area (Å²) in [5.41, 5.74) is 0. The predicted molar refractivity (Wildman–Crippen MR) is 71.2 cm³/mol. The first kappa shape index (κ1) is 16.3. The standard InChI is InChI=1S/C13H22N2O5/c1-9-4-3-6-15(7-5-9)13(19)14-10(12(17)18)8-11(16)20-2/h9-10H,3-8H2,1-2H3,(H,14,19)(H,17,18)/t9?,10-/m0/s1. The molecule has 0 aliphatic carbocycles. The van der Waals surface area contributed by atoms with E-state index in [0.717, 1.165) is 19.3 Å². The van der Waals surface area contributed by atoms with Crippen LogP contribution in [0.3, 0.4) is 0 Å². The Hall–Kier alpha value is -1.79. The second-order valence-electron chi connectivity index (χ2n) is 5.14. The van der Waals surface area contributed by atoms with Crippen molar-refractivity contribution in [3.63, 3.8) is 0 Å². The highest BCUT2D eigenvalue weighted by molar-refractivity contribution is 5.86. The van der Waals surface area contributed by atoms with Gasteiger partial charge in [-0.1, -0.05) is 6.92 Å². The van der Waals surface area contributed by atoms with Crippen molar-refractivity contribution in [3.8, 4) is 0 Å². The van der Waals surface area contributed by atoms with E-state index in [-0.39, 0.29) is 6.42 Å². The van der Waals surface area contributed by atoms with Crippen LogP contribution in [0.25, 0.3) is 0 Å². The summed E-state index contributed by atoms with van der Waals surface area (Å²) in [6, 6.07) is -1.69. The van der Waals surface area contributed by atoms with Crippen molar-refractivity contribution in [2.24, 2.45) is 5.92 Å². The van der Waals surface area contributed by atoms with Crippen LogP contribution in [0.2, 0.25) is 0 Å². The molecule has 2 amide bonds. The average molecular weight is 286 g/mol. The summed E-state index contributed by atoms with van der Waals surface area (Å²) < 4.78 is 4.42. The summed E-state index contributed by atoms with van der Waals surface area (Å²) >= 11 is 0. The topological polar surface area (TPSA) is 95.9 Å². The lowest BCUT2D eigenvalue weighted by Gasteiger charge is -2.23. The normalized spacial score (nSPS) is 20.7. The molecule has 7 nitrogen and oxygen atoms in total. The van der Waals surface area contributed by atoms with E-state index in [1.54, 1.807) is 4.90 Å². The maximum atomic E-state index is 12.0. The molecule has 1 fully saturated rings. The highest BCUT2D eigenvalue weighted by atomic mass is 16.5. The first-order valence-electron chi connectivity index (χ1n) is 6.79. The third-order valence-corrected chi connectivity index (χ3v) is 3.50. The zero-order chi connectivity index (χ0) is 15.1. The van der Waals surface area contributed by atoms with Gasteiger partial charge in [0.15, 0.2) is 0 Å². The number of urea groups is 1. The molecule has 1 saturated heterocycles. The maximum absolute atomic E-state index is 12.0. The van der Waals surface area contributed by atoms with Crippen LogP contribution in [0.5, 0.6) is 0 Å². The number of methoxy groups -OCH3 is 1. The number of aliphatic carboxylic acids is 1. The molecular weight excluding hydrogens is 264 g/mol. The first-order chi connectivity index (χ1) is 9.43. The quantitative estimate of drug-likeness (QED) is 0.746. The van der Waals surface area contributed by atoms with Crippen LogP contribution >= 0.6 is 0 Å². The maximum Gasteiger partial charge on any atom is 0.326 e. The van der Waals surface area contributed by atoms with E-state index < -0.39 is 24.0 Å². The number of hydrogen-bond donors (Lipinski definition) is 2. The Kier molecular flexibility index (Phi) is 6.27. The van der Waals surface area contributed by atoms with E-state index in [2.05, 4.69) is 17.0 Å². The van der Waals surface area contributed by atoms with E-state index in [0.29, 0.717) is 19.0 Å². The van der Waals surface area contributed by atoms with Gasteiger partial charge in [0.05, 0.1) is 13.5 Å². The van der Waals surface area contributed by atoms with Gasteiger partial charge in [-0.3, -0.25) is 4.79 Å². The van der Waals surface area contributed by atoms with E-state index in [1.807, 2.05) is 0 Å². The van der Waals surface area contributed by atoms with Crippen molar-refractivity contribution in [1.29, 1.82) is 0 Å². The van der Waals surface area contributed by atoms with Gasteiger partial charge in [-0.05, 0) is 25.2 Å². The van der Waals surface area contributed by atoms with Gasteiger partial charge in [0.25, 0.3) is 0 Å². The largest absolute Gasteiger partial charge is 0.480 e. The summed E-state index contributed by atoms with van der Waals surface area (Å²) in [4.78, 5) is 35.8. The zero-order valence-corrected chi connectivity index (χ0v) is 11.9. The molecule has 1 unspecified atom stereocenters. The number of carboxylic acids is 1. The van der Waals surface area contributed by atoms with Gasteiger partial charge < -0.3 is 20.1 Å². The van der Waals surface area contributed by atoms with Crippen LogP contribution in [-0.2, 0) is 14.3 Å². The number of carbonyl (C=O) groups is 3. The van der Waals surface area contributed by atoms with Gasteiger partial charge >= 0.3 is 18.0 Å². The predicted octanol–water partition coefficient (Wildman–Crippen LogP) is 0.834. The Morgan fingerprint density at radius 3 is 2.65 bits per heavy atom. The molecule has 0 aromatic rings. The molecule has 114 valence electrons. The summed E-state index contributed by atoms with van der Waals surface area (Å²) in [5, 5.41) is 11.4. The number of nitrogens with one attached hydrogen (secondary N) is 1. The molecule has 0 aromatic heterocycles.